The Morgan fingerprint density at radius 1 is 1.20 bits per heavy atom. The minimum atomic E-state index is -1.68. The fourth-order valence-electron chi connectivity index (χ4n) is 2.31. The maximum Gasteiger partial charge on any atom is 0.265 e. The third-order valence-electron chi connectivity index (χ3n) is 3.48. The fraction of sp³-hybridized carbons (Fsp3) is 0.125. The first-order valence-electron chi connectivity index (χ1n) is 7.03. The van der Waals surface area contributed by atoms with Crippen molar-refractivity contribution in [3.63, 3.8) is 0 Å². The van der Waals surface area contributed by atoms with Gasteiger partial charge in [0.1, 0.15) is 12.3 Å². The van der Waals surface area contributed by atoms with Gasteiger partial charge in [-0.2, -0.15) is 0 Å². The molecular formula is C16H10BrF3N2O3. The molecule has 1 aliphatic rings. The minimum absolute atomic E-state index is 0.254. The molecule has 1 N–H and O–H groups in total. The molecule has 0 unspecified atom stereocenters. The number of anilines is 2. The molecule has 0 fully saturated rings. The summed E-state index contributed by atoms with van der Waals surface area (Å²) >= 11 is 3.27. The van der Waals surface area contributed by atoms with Crippen LogP contribution in [-0.4, -0.2) is 25.0 Å². The zero-order valence-corrected chi connectivity index (χ0v) is 14.1. The molecule has 0 saturated heterocycles. The van der Waals surface area contributed by atoms with Gasteiger partial charge in [0.25, 0.3) is 5.91 Å². The van der Waals surface area contributed by atoms with Gasteiger partial charge in [-0.3, -0.25) is 14.5 Å². The van der Waals surface area contributed by atoms with Gasteiger partial charge in [0.2, 0.25) is 5.91 Å². The van der Waals surface area contributed by atoms with E-state index in [1.807, 2.05) is 0 Å². The van der Waals surface area contributed by atoms with Crippen molar-refractivity contribution in [3.05, 3.63) is 52.3 Å². The lowest BCUT2D eigenvalue weighted by Crippen LogP contribution is -2.43. The number of hydrogen-bond donors (Lipinski definition) is 1. The molecule has 3 rings (SSSR count). The van der Waals surface area contributed by atoms with E-state index in [4.69, 9.17) is 4.74 Å². The van der Waals surface area contributed by atoms with Crippen LogP contribution in [0.4, 0.5) is 24.5 Å². The number of halogens is 4. The van der Waals surface area contributed by atoms with Gasteiger partial charge < -0.3 is 10.1 Å². The SMILES string of the molecule is O=C(CN1C(=O)COc2cc(Br)ccc21)Nc1ccc(F)c(F)c1F. The highest BCUT2D eigenvalue weighted by molar-refractivity contribution is 9.10. The summed E-state index contributed by atoms with van der Waals surface area (Å²) in [4.78, 5) is 25.3. The van der Waals surface area contributed by atoms with Crippen LogP contribution in [0, 0.1) is 17.5 Å². The van der Waals surface area contributed by atoms with Crippen molar-refractivity contribution in [1.29, 1.82) is 0 Å². The molecule has 25 heavy (non-hydrogen) atoms. The van der Waals surface area contributed by atoms with Crippen LogP contribution in [0.1, 0.15) is 0 Å². The van der Waals surface area contributed by atoms with Crippen molar-refractivity contribution < 1.29 is 27.5 Å². The molecule has 0 bridgehead atoms. The molecule has 2 aromatic rings. The number of amides is 2. The molecule has 2 aromatic carbocycles. The van der Waals surface area contributed by atoms with E-state index < -0.39 is 41.5 Å². The van der Waals surface area contributed by atoms with Gasteiger partial charge in [0, 0.05) is 4.47 Å². The smallest absolute Gasteiger partial charge is 0.265 e. The van der Waals surface area contributed by atoms with Crippen molar-refractivity contribution >= 4 is 39.1 Å². The van der Waals surface area contributed by atoms with Crippen LogP contribution in [0.2, 0.25) is 0 Å². The van der Waals surface area contributed by atoms with Crippen molar-refractivity contribution in [1.82, 2.24) is 0 Å². The second kappa shape index (κ2) is 6.75. The summed E-state index contributed by atoms with van der Waals surface area (Å²) in [6, 6.07) is 6.49. The second-order valence-electron chi connectivity index (χ2n) is 5.15. The lowest BCUT2D eigenvalue weighted by Gasteiger charge is -2.29. The average Bonchev–Trinajstić information content (AvgIpc) is 2.58. The molecule has 0 aliphatic carbocycles. The van der Waals surface area contributed by atoms with Gasteiger partial charge in [-0.05, 0) is 30.3 Å². The van der Waals surface area contributed by atoms with Crippen molar-refractivity contribution in [2.75, 3.05) is 23.4 Å². The predicted octanol–water partition coefficient (Wildman–Crippen LogP) is 3.23. The highest BCUT2D eigenvalue weighted by atomic mass is 79.9. The number of nitrogens with zero attached hydrogens (tertiary/aromatic N) is 1. The third-order valence-corrected chi connectivity index (χ3v) is 3.97. The number of carbonyl (C=O) groups is 2. The van der Waals surface area contributed by atoms with E-state index in [1.165, 1.54) is 4.90 Å². The number of fused-ring (bicyclic) bond motifs is 1. The van der Waals surface area contributed by atoms with Crippen LogP contribution < -0.4 is 15.0 Å². The molecular weight excluding hydrogens is 405 g/mol. The number of carbonyl (C=O) groups excluding carboxylic acids is 2. The first-order valence-corrected chi connectivity index (χ1v) is 7.82. The highest BCUT2D eigenvalue weighted by Gasteiger charge is 2.28. The number of benzene rings is 2. The van der Waals surface area contributed by atoms with Crippen LogP contribution in [0.3, 0.4) is 0 Å². The summed E-state index contributed by atoms with van der Waals surface area (Å²) in [5.74, 6) is -5.38. The van der Waals surface area contributed by atoms with Crippen LogP contribution in [0.15, 0.2) is 34.8 Å². The van der Waals surface area contributed by atoms with Gasteiger partial charge in [-0.15, -0.1) is 0 Å². The predicted molar refractivity (Wildman–Crippen MR) is 86.9 cm³/mol. The van der Waals surface area contributed by atoms with E-state index in [2.05, 4.69) is 21.2 Å². The van der Waals surface area contributed by atoms with E-state index >= 15 is 0 Å². The van der Waals surface area contributed by atoms with E-state index in [0.29, 0.717) is 17.5 Å². The van der Waals surface area contributed by atoms with Crippen LogP contribution in [0.25, 0.3) is 0 Å². The van der Waals surface area contributed by atoms with Gasteiger partial charge in [0.15, 0.2) is 24.1 Å². The first-order chi connectivity index (χ1) is 11.9. The Kier molecular flexibility index (Phi) is 4.67. The van der Waals surface area contributed by atoms with Gasteiger partial charge in [-0.25, -0.2) is 13.2 Å². The van der Waals surface area contributed by atoms with Crippen LogP contribution in [0.5, 0.6) is 5.75 Å². The molecule has 130 valence electrons. The lowest BCUT2D eigenvalue weighted by atomic mass is 10.2. The molecule has 0 saturated carbocycles. The Morgan fingerprint density at radius 2 is 1.96 bits per heavy atom. The Morgan fingerprint density at radius 3 is 2.72 bits per heavy atom. The zero-order valence-electron chi connectivity index (χ0n) is 12.5. The van der Waals surface area contributed by atoms with Crippen LogP contribution in [-0.2, 0) is 9.59 Å². The summed E-state index contributed by atoms with van der Waals surface area (Å²) in [7, 11) is 0. The Hall–Kier alpha value is -2.55. The molecule has 0 radical (unpaired) electrons. The molecule has 5 nitrogen and oxygen atoms in total. The van der Waals surface area contributed by atoms with E-state index in [1.54, 1.807) is 18.2 Å². The lowest BCUT2D eigenvalue weighted by molar-refractivity contribution is -0.123. The van der Waals surface area contributed by atoms with Gasteiger partial charge in [0.05, 0.1) is 11.4 Å². The van der Waals surface area contributed by atoms with E-state index in [-0.39, 0.29) is 6.61 Å². The molecule has 0 spiro atoms. The Bertz CT molecular complexity index is 876. The molecule has 1 heterocycles. The van der Waals surface area contributed by atoms with Crippen LogP contribution >= 0.6 is 15.9 Å². The minimum Gasteiger partial charge on any atom is -0.482 e. The topological polar surface area (TPSA) is 58.6 Å². The summed E-state index contributed by atoms with van der Waals surface area (Å²) in [5, 5.41) is 2.12. The Balaban J connectivity index is 1.80. The number of ether oxygens (including phenoxy) is 1. The largest absolute Gasteiger partial charge is 0.482 e. The molecule has 9 heteroatoms. The summed E-state index contributed by atoms with van der Waals surface area (Å²) < 4.78 is 45.8. The summed E-state index contributed by atoms with van der Waals surface area (Å²) in [6.07, 6.45) is 0. The third kappa shape index (κ3) is 3.46. The summed E-state index contributed by atoms with van der Waals surface area (Å²) in [6.45, 7) is -0.689. The standard InChI is InChI=1S/C16H10BrF3N2O3/c17-8-1-4-11-12(5-8)25-7-14(24)22(11)6-13(23)21-10-3-2-9(18)15(19)16(10)20/h1-5H,6-7H2,(H,21,23). The van der Waals surface area contributed by atoms with Crippen molar-refractivity contribution in [2.24, 2.45) is 0 Å². The highest BCUT2D eigenvalue weighted by Crippen LogP contribution is 2.34. The molecule has 0 atom stereocenters. The number of hydrogen-bond acceptors (Lipinski definition) is 3. The van der Waals surface area contributed by atoms with Gasteiger partial charge in [-0.1, -0.05) is 15.9 Å². The van der Waals surface area contributed by atoms with E-state index in [0.717, 1.165) is 10.5 Å². The normalized spacial score (nSPS) is 13.3. The maximum atomic E-state index is 13.6. The average molecular weight is 415 g/mol. The van der Waals surface area contributed by atoms with E-state index in [9.17, 15) is 22.8 Å². The van der Waals surface area contributed by atoms with Crippen molar-refractivity contribution in [2.45, 2.75) is 0 Å². The van der Waals surface area contributed by atoms with Crippen molar-refractivity contribution in [3.8, 4) is 5.75 Å². The zero-order chi connectivity index (χ0) is 18.1. The first kappa shape index (κ1) is 17.3. The monoisotopic (exact) mass is 414 g/mol. The molecule has 2 amide bonds. The number of rotatable bonds is 3. The molecule has 0 aromatic heterocycles. The fourth-order valence-corrected chi connectivity index (χ4v) is 2.65. The quantitative estimate of drug-likeness (QED) is 0.784. The number of nitrogens with one attached hydrogen (secondary N) is 1. The molecule has 1 aliphatic heterocycles. The maximum absolute atomic E-state index is 13.6. The Labute approximate surface area is 148 Å². The second-order valence-corrected chi connectivity index (χ2v) is 6.07. The van der Waals surface area contributed by atoms with Gasteiger partial charge >= 0.3 is 0 Å². The summed E-state index contributed by atoms with van der Waals surface area (Å²) in [5.41, 5.74) is -0.138.